The fraction of sp³-hybridized carbons (Fsp3) is 0.364. The van der Waals surface area contributed by atoms with Crippen LogP contribution in [0.2, 0.25) is 0 Å². The molecule has 164 valence electrons. The average molecular weight is 444 g/mol. The van der Waals surface area contributed by atoms with E-state index in [-0.39, 0.29) is 29.4 Å². The summed E-state index contributed by atoms with van der Waals surface area (Å²) in [6.45, 7) is 3.55. The first-order valence-corrected chi connectivity index (χ1v) is 11.7. The lowest BCUT2D eigenvalue weighted by molar-refractivity contribution is -0.121. The second-order valence-corrected chi connectivity index (χ2v) is 9.65. The van der Waals surface area contributed by atoms with Crippen LogP contribution in [0.1, 0.15) is 30.4 Å². The number of amides is 1. The Balaban J connectivity index is 1.46. The van der Waals surface area contributed by atoms with E-state index in [1.807, 2.05) is 31.2 Å². The van der Waals surface area contributed by atoms with E-state index in [9.17, 15) is 18.0 Å². The molecule has 31 heavy (non-hydrogen) atoms. The molecule has 1 aromatic heterocycles. The van der Waals surface area contributed by atoms with Gasteiger partial charge in [0.1, 0.15) is 0 Å². The van der Waals surface area contributed by atoms with Gasteiger partial charge in [0, 0.05) is 38.7 Å². The van der Waals surface area contributed by atoms with Gasteiger partial charge in [-0.1, -0.05) is 24.3 Å². The number of benzene rings is 2. The van der Waals surface area contributed by atoms with Gasteiger partial charge in [0.25, 0.3) is 0 Å². The number of aryl methyl sites for hydroxylation is 2. The molecular formula is C22H25N3O5S. The highest BCUT2D eigenvalue weighted by Crippen LogP contribution is 2.24. The largest absolute Gasteiger partial charge is 0.419 e. The molecule has 4 rings (SSSR count). The number of carbonyl (C=O) groups excluding carboxylic acids is 1. The molecule has 0 atom stereocenters. The van der Waals surface area contributed by atoms with Crippen molar-refractivity contribution in [1.82, 2.24) is 14.2 Å². The van der Waals surface area contributed by atoms with Crippen LogP contribution >= 0.6 is 0 Å². The lowest BCUT2D eigenvalue weighted by atomic mass is 10.1. The highest BCUT2D eigenvalue weighted by atomic mass is 32.2. The van der Waals surface area contributed by atoms with Crippen LogP contribution in [0.5, 0.6) is 0 Å². The normalized spacial score (nSPS) is 14.9. The minimum atomic E-state index is -3.60. The minimum absolute atomic E-state index is 0.105. The van der Waals surface area contributed by atoms with Gasteiger partial charge in [-0.25, -0.2) is 13.2 Å². The molecule has 1 saturated heterocycles. The van der Waals surface area contributed by atoms with Crippen LogP contribution in [-0.2, 0) is 27.9 Å². The Hall–Kier alpha value is -2.91. The van der Waals surface area contributed by atoms with Gasteiger partial charge in [0.2, 0.25) is 15.9 Å². The van der Waals surface area contributed by atoms with E-state index in [1.165, 1.54) is 21.0 Å². The van der Waals surface area contributed by atoms with Gasteiger partial charge in [-0.05, 0) is 43.0 Å². The quantitative estimate of drug-likeness (QED) is 0.604. The first-order chi connectivity index (χ1) is 14.9. The summed E-state index contributed by atoms with van der Waals surface area (Å²) in [5.41, 5.74) is 2.80. The Bertz CT molecular complexity index is 1270. The Morgan fingerprint density at radius 1 is 1.13 bits per heavy atom. The van der Waals surface area contributed by atoms with Gasteiger partial charge in [-0.3, -0.25) is 9.36 Å². The fourth-order valence-electron chi connectivity index (χ4n) is 3.80. The molecule has 0 bridgehead atoms. The van der Waals surface area contributed by atoms with Crippen molar-refractivity contribution < 1.29 is 17.6 Å². The number of rotatable bonds is 7. The number of oxazole rings is 1. The van der Waals surface area contributed by atoms with Crippen molar-refractivity contribution in [3.05, 3.63) is 64.1 Å². The lowest BCUT2D eigenvalue weighted by Gasteiger charge is -2.15. The molecule has 0 unspecified atom stereocenters. The number of nitrogens with one attached hydrogen (secondary N) is 1. The number of hydrogen-bond acceptors (Lipinski definition) is 5. The number of fused-ring (bicyclic) bond motifs is 1. The maximum Gasteiger partial charge on any atom is 0.419 e. The van der Waals surface area contributed by atoms with E-state index in [0.717, 1.165) is 24.0 Å². The number of aromatic nitrogens is 1. The second-order valence-electron chi connectivity index (χ2n) is 7.71. The summed E-state index contributed by atoms with van der Waals surface area (Å²) in [5, 5.41) is 2.86. The Morgan fingerprint density at radius 3 is 2.61 bits per heavy atom. The summed E-state index contributed by atoms with van der Waals surface area (Å²) < 4.78 is 33.6. The smallest absolute Gasteiger partial charge is 0.408 e. The third kappa shape index (κ3) is 4.42. The first-order valence-electron chi connectivity index (χ1n) is 10.3. The summed E-state index contributed by atoms with van der Waals surface area (Å²) in [6, 6.07) is 12.2. The fourth-order valence-corrected chi connectivity index (χ4v) is 5.33. The van der Waals surface area contributed by atoms with Gasteiger partial charge in [-0.15, -0.1) is 0 Å². The Labute approximate surface area is 180 Å². The van der Waals surface area contributed by atoms with Crippen molar-refractivity contribution in [2.24, 2.45) is 0 Å². The molecule has 1 fully saturated rings. The van der Waals surface area contributed by atoms with Crippen molar-refractivity contribution in [2.75, 3.05) is 13.1 Å². The van der Waals surface area contributed by atoms with Crippen LogP contribution in [-0.4, -0.2) is 36.3 Å². The second kappa shape index (κ2) is 8.68. The number of sulfonamides is 1. The summed E-state index contributed by atoms with van der Waals surface area (Å²) >= 11 is 0. The number of nitrogens with zero attached hydrogens (tertiary/aromatic N) is 2. The maximum absolute atomic E-state index is 12.7. The zero-order valence-electron chi connectivity index (χ0n) is 17.3. The van der Waals surface area contributed by atoms with Gasteiger partial charge in [0.15, 0.2) is 5.58 Å². The molecule has 0 aliphatic carbocycles. The minimum Gasteiger partial charge on any atom is -0.408 e. The SMILES string of the molecule is Cc1ccccc1CNC(=O)CCn1c(=O)oc2cc(S(=O)(=O)N3CCCC3)ccc21. The molecule has 1 aliphatic rings. The summed E-state index contributed by atoms with van der Waals surface area (Å²) in [7, 11) is -3.60. The first kappa shape index (κ1) is 21.3. The maximum atomic E-state index is 12.7. The van der Waals surface area contributed by atoms with Crippen molar-refractivity contribution in [2.45, 2.75) is 44.2 Å². The van der Waals surface area contributed by atoms with E-state index in [4.69, 9.17) is 4.42 Å². The van der Waals surface area contributed by atoms with Gasteiger partial charge in [0.05, 0.1) is 10.4 Å². The van der Waals surface area contributed by atoms with Crippen molar-refractivity contribution in [3.8, 4) is 0 Å². The number of carbonyl (C=O) groups is 1. The van der Waals surface area contributed by atoms with E-state index in [2.05, 4.69) is 5.32 Å². The molecule has 0 spiro atoms. The molecule has 0 radical (unpaired) electrons. The highest BCUT2D eigenvalue weighted by Gasteiger charge is 2.28. The predicted octanol–water partition coefficient (Wildman–Crippen LogP) is 2.39. The zero-order chi connectivity index (χ0) is 22.0. The lowest BCUT2D eigenvalue weighted by Crippen LogP contribution is -2.27. The molecule has 0 saturated carbocycles. The summed E-state index contributed by atoms with van der Waals surface area (Å²) in [6.07, 6.45) is 1.80. The van der Waals surface area contributed by atoms with E-state index >= 15 is 0 Å². The molecule has 1 amide bonds. The average Bonchev–Trinajstić information content (AvgIpc) is 3.39. The van der Waals surface area contributed by atoms with Crippen molar-refractivity contribution in [3.63, 3.8) is 0 Å². The van der Waals surface area contributed by atoms with E-state index in [1.54, 1.807) is 6.07 Å². The predicted molar refractivity (Wildman–Crippen MR) is 116 cm³/mol. The molecule has 2 heterocycles. The van der Waals surface area contributed by atoms with Crippen LogP contribution in [0, 0.1) is 6.92 Å². The standard InChI is InChI=1S/C22H25N3O5S/c1-16-6-2-3-7-17(16)15-23-21(26)10-13-25-19-9-8-18(14-20(19)30-22(25)27)31(28,29)24-11-4-5-12-24/h2-3,6-9,14H,4-5,10-13,15H2,1H3,(H,23,26). The monoisotopic (exact) mass is 443 g/mol. The van der Waals surface area contributed by atoms with Crippen LogP contribution in [0.3, 0.4) is 0 Å². The Morgan fingerprint density at radius 2 is 1.87 bits per heavy atom. The molecule has 2 aromatic carbocycles. The molecular weight excluding hydrogens is 418 g/mol. The van der Waals surface area contributed by atoms with Crippen LogP contribution < -0.4 is 11.1 Å². The zero-order valence-corrected chi connectivity index (χ0v) is 18.2. The van der Waals surface area contributed by atoms with Gasteiger partial charge in [-0.2, -0.15) is 4.31 Å². The molecule has 1 aliphatic heterocycles. The highest BCUT2D eigenvalue weighted by molar-refractivity contribution is 7.89. The third-order valence-electron chi connectivity index (χ3n) is 5.64. The van der Waals surface area contributed by atoms with Gasteiger partial charge >= 0.3 is 5.76 Å². The summed E-state index contributed by atoms with van der Waals surface area (Å²) in [4.78, 5) is 24.7. The topological polar surface area (TPSA) is 102 Å². The van der Waals surface area contributed by atoms with Crippen LogP contribution in [0.25, 0.3) is 11.1 Å². The van der Waals surface area contributed by atoms with Crippen LogP contribution in [0.15, 0.2) is 56.6 Å². The summed E-state index contributed by atoms with van der Waals surface area (Å²) in [5.74, 6) is -0.796. The molecule has 3 aromatic rings. The molecule has 9 heteroatoms. The van der Waals surface area contributed by atoms with Crippen molar-refractivity contribution in [1.29, 1.82) is 0 Å². The number of hydrogen-bond donors (Lipinski definition) is 1. The Kier molecular flexibility index (Phi) is 5.97. The van der Waals surface area contributed by atoms with E-state index in [0.29, 0.717) is 25.2 Å². The molecule has 1 N–H and O–H groups in total. The van der Waals surface area contributed by atoms with E-state index < -0.39 is 15.8 Å². The molecule has 8 nitrogen and oxygen atoms in total. The third-order valence-corrected chi connectivity index (χ3v) is 7.54. The van der Waals surface area contributed by atoms with Gasteiger partial charge < -0.3 is 9.73 Å². The van der Waals surface area contributed by atoms with Crippen molar-refractivity contribution >= 4 is 27.0 Å². The van der Waals surface area contributed by atoms with Crippen LogP contribution in [0.4, 0.5) is 0 Å².